The van der Waals surface area contributed by atoms with Gasteiger partial charge in [0.05, 0.1) is 61.9 Å². The van der Waals surface area contributed by atoms with E-state index in [1.165, 1.54) is 31.5 Å². The number of nitrogens with one attached hydrogen (secondary N) is 3. The third-order valence-electron chi connectivity index (χ3n) is 6.08. The summed E-state index contributed by atoms with van der Waals surface area (Å²) >= 11 is 0. The molecule has 10 heteroatoms. The number of rotatable bonds is 6. The molecule has 8 nitrogen and oxygen atoms in total. The molecule has 2 aromatic heterocycles. The zero-order valence-electron chi connectivity index (χ0n) is 18.5. The van der Waals surface area contributed by atoms with Gasteiger partial charge in [0.2, 0.25) is 0 Å². The van der Waals surface area contributed by atoms with Gasteiger partial charge in [-0.05, 0) is 24.6 Å². The molecule has 34 heavy (non-hydrogen) atoms. The lowest BCUT2D eigenvalue weighted by molar-refractivity contribution is -0.0928. The third-order valence-corrected chi connectivity index (χ3v) is 6.08. The van der Waals surface area contributed by atoms with E-state index in [2.05, 4.69) is 20.6 Å². The molecule has 1 amide bonds. The minimum Gasteiger partial charge on any atom is -0.492 e. The fourth-order valence-corrected chi connectivity index (χ4v) is 4.51. The number of halogens is 2. The second-order valence-electron chi connectivity index (χ2n) is 8.18. The zero-order chi connectivity index (χ0) is 23.7. The molecular weight excluding hydrogens is 446 g/mol. The van der Waals surface area contributed by atoms with Crippen molar-refractivity contribution in [2.45, 2.75) is 18.4 Å². The summed E-state index contributed by atoms with van der Waals surface area (Å²) in [6.07, 6.45) is 3.06. The standard InChI is InChI=1S/C24H24F2N4O4/c1-32-23-16(25)3-2-4-18(23)29-22-19-20(30-21(22)15-5-6-27-11-17(15)26)13(10-28-24(19)31)9-14-12-33-7-8-34-14/h2-6,11,13-14,29-30H,7-10,12H2,1H3,(H,28,31)/t13-,14-/m1/s1. The number of carbonyl (C=O) groups excluding carboxylic acids is 1. The van der Waals surface area contributed by atoms with E-state index in [9.17, 15) is 13.6 Å². The van der Waals surface area contributed by atoms with Crippen molar-refractivity contribution in [2.75, 3.05) is 38.8 Å². The van der Waals surface area contributed by atoms with Gasteiger partial charge in [-0.15, -0.1) is 0 Å². The number of pyridine rings is 1. The molecule has 0 radical (unpaired) electrons. The quantitative estimate of drug-likeness (QED) is 0.508. The zero-order valence-corrected chi connectivity index (χ0v) is 18.5. The van der Waals surface area contributed by atoms with Crippen LogP contribution in [-0.2, 0) is 9.47 Å². The molecule has 1 fully saturated rings. The highest BCUT2D eigenvalue weighted by Crippen LogP contribution is 2.43. The largest absolute Gasteiger partial charge is 0.492 e. The second-order valence-corrected chi connectivity index (χ2v) is 8.18. The number of benzene rings is 1. The van der Waals surface area contributed by atoms with Crippen LogP contribution in [0.25, 0.3) is 11.3 Å². The maximum absolute atomic E-state index is 14.8. The fraction of sp³-hybridized carbons (Fsp3) is 0.333. The summed E-state index contributed by atoms with van der Waals surface area (Å²) in [6.45, 7) is 1.94. The number of amides is 1. The summed E-state index contributed by atoms with van der Waals surface area (Å²) in [5.41, 5.74) is 2.21. The van der Waals surface area contributed by atoms with Gasteiger partial charge in [0.1, 0.15) is 0 Å². The predicted octanol–water partition coefficient (Wildman–Crippen LogP) is 3.74. The Kier molecular flexibility index (Phi) is 6.16. The number of methoxy groups -OCH3 is 1. The summed E-state index contributed by atoms with van der Waals surface area (Å²) in [5.74, 6) is -1.57. The van der Waals surface area contributed by atoms with E-state index in [0.29, 0.717) is 61.1 Å². The molecule has 1 saturated heterocycles. The summed E-state index contributed by atoms with van der Waals surface area (Å²) < 4.78 is 45.7. The molecule has 2 aliphatic rings. The predicted molar refractivity (Wildman–Crippen MR) is 120 cm³/mol. The molecule has 0 saturated carbocycles. The Hall–Kier alpha value is -3.50. The number of ether oxygens (including phenoxy) is 3. The van der Waals surface area contributed by atoms with Crippen LogP contribution in [0.5, 0.6) is 5.75 Å². The van der Waals surface area contributed by atoms with E-state index < -0.39 is 11.6 Å². The monoisotopic (exact) mass is 470 g/mol. The summed E-state index contributed by atoms with van der Waals surface area (Å²) in [7, 11) is 1.36. The second kappa shape index (κ2) is 9.40. The maximum Gasteiger partial charge on any atom is 0.255 e. The van der Waals surface area contributed by atoms with Crippen molar-refractivity contribution < 1.29 is 27.8 Å². The van der Waals surface area contributed by atoms with E-state index in [-0.39, 0.29) is 29.2 Å². The van der Waals surface area contributed by atoms with E-state index in [1.807, 2.05) is 0 Å². The van der Waals surface area contributed by atoms with Crippen LogP contribution in [0.4, 0.5) is 20.2 Å². The molecule has 178 valence electrons. The third kappa shape index (κ3) is 4.10. The highest BCUT2D eigenvalue weighted by molar-refractivity contribution is 6.06. The Morgan fingerprint density at radius 2 is 2.12 bits per heavy atom. The van der Waals surface area contributed by atoms with Crippen LogP contribution in [0, 0.1) is 11.6 Å². The first-order valence-corrected chi connectivity index (χ1v) is 11.0. The van der Waals surface area contributed by atoms with Crippen molar-refractivity contribution in [1.82, 2.24) is 15.3 Å². The number of aromatic nitrogens is 2. The lowest BCUT2D eigenvalue weighted by Gasteiger charge is -2.29. The van der Waals surface area contributed by atoms with Crippen LogP contribution in [0.15, 0.2) is 36.7 Å². The highest BCUT2D eigenvalue weighted by Gasteiger charge is 2.35. The molecule has 2 atom stereocenters. The molecule has 0 unspecified atom stereocenters. The van der Waals surface area contributed by atoms with E-state index in [4.69, 9.17) is 14.2 Å². The number of hydrogen-bond donors (Lipinski definition) is 3. The molecular formula is C24H24F2N4O4. The molecule has 0 bridgehead atoms. The van der Waals surface area contributed by atoms with Crippen LogP contribution in [0.3, 0.4) is 0 Å². The van der Waals surface area contributed by atoms with Gasteiger partial charge in [-0.25, -0.2) is 8.78 Å². The van der Waals surface area contributed by atoms with Crippen LogP contribution in [0.2, 0.25) is 0 Å². The maximum atomic E-state index is 14.8. The van der Waals surface area contributed by atoms with Gasteiger partial charge >= 0.3 is 0 Å². The Bertz CT molecular complexity index is 1210. The van der Waals surface area contributed by atoms with E-state index >= 15 is 0 Å². The molecule has 0 aliphatic carbocycles. The van der Waals surface area contributed by atoms with Crippen molar-refractivity contribution in [3.05, 3.63) is 59.6 Å². The van der Waals surface area contributed by atoms with Gasteiger partial charge < -0.3 is 29.8 Å². The Balaban J connectivity index is 1.63. The van der Waals surface area contributed by atoms with Gasteiger partial charge in [0.15, 0.2) is 17.4 Å². The van der Waals surface area contributed by atoms with Crippen LogP contribution < -0.4 is 15.4 Å². The highest BCUT2D eigenvalue weighted by atomic mass is 19.1. The Morgan fingerprint density at radius 3 is 2.88 bits per heavy atom. The van der Waals surface area contributed by atoms with E-state index in [1.54, 1.807) is 6.07 Å². The van der Waals surface area contributed by atoms with Gasteiger partial charge in [0, 0.05) is 29.9 Å². The Morgan fingerprint density at radius 1 is 1.24 bits per heavy atom. The topological polar surface area (TPSA) is 97.5 Å². The van der Waals surface area contributed by atoms with Crippen molar-refractivity contribution in [2.24, 2.45) is 0 Å². The first-order valence-electron chi connectivity index (χ1n) is 11.0. The molecule has 3 aromatic rings. The first kappa shape index (κ1) is 22.3. The molecule has 2 aliphatic heterocycles. The van der Waals surface area contributed by atoms with Gasteiger partial charge in [-0.2, -0.15) is 0 Å². The van der Waals surface area contributed by atoms with Crippen LogP contribution >= 0.6 is 0 Å². The fourth-order valence-electron chi connectivity index (χ4n) is 4.51. The smallest absolute Gasteiger partial charge is 0.255 e. The average molecular weight is 470 g/mol. The van der Waals surface area contributed by atoms with Crippen molar-refractivity contribution in [3.63, 3.8) is 0 Å². The SMILES string of the molecule is COc1c(F)cccc1Nc1c(-c2ccncc2F)[nH]c2c1C(=O)NC[C@H]2C[C@@H]1COCCO1. The number of carbonyl (C=O) groups is 1. The lowest BCUT2D eigenvalue weighted by atomic mass is 9.91. The molecule has 3 N–H and O–H groups in total. The molecule has 0 spiro atoms. The average Bonchev–Trinajstić information content (AvgIpc) is 3.22. The van der Waals surface area contributed by atoms with E-state index in [0.717, 1.165) is 6.20 Å². The summed E-state index contributed by atoms with van der Waals surface area (Å²) in [4.78, 5) is 20.2. The van der Waals surface area contributed by atoms with Gasteiger partial charge in [0.25, 0.3) is 5.91 Å². The number of para-hydroxylation sites is 1. The van der Waals surface area contributed by atoms with Gasteiger partial charge in [-0.3, -0.25) is 9.78 Å². The Labute approximate surface area is 194 Å². The first-order chi connectivity index (χ1) is 16.6. The summed E-state index contributed by atoms with van der Waals surface area (Å²) in [5, 5.41) is 6.04. The molecule has 4 heterocycles. The minimum absolute atomic E-state index is 0.0147. The molecule has 1 aromatic carbocycles. The normalized spacial score (nSPS) is 19.9. The van der Waals surface area contributed by atoms with Gasteiger partial charge in [-0.1, -0.05) is 6.07 Å². The minimum atomic E-state index is -0.565. The number of aromatic amines is 1. The number of fused-ring (bicyclic) bond motifs is 1. The van der Waals surface area contributed by atoms with Crippen molar-refractivity contribution in [3.8, 4) is 17.0 Å². The van der Waals surface area contributed by atoms with Crippen molar-refractivity contribution in [1.29, 1.82) is 0 Å². The van der Waals surface area contributed by atoms with Crippen LogP contribution in [0.1, 0.15) is 28.4 Å². The number of anilines is 2. The number of H-pyrrole nitrogens is 1. The van der Waals surface area contributed by atoms with Crippen LogP contribution in [-0.4, -0.2) is 55.5 Å². The summed E-state index contributed by atoms with van der Waals surface area (Å²) in [6, 6.07) is 5.94. The molecule has 5 rings (SSSR count). The lowest BCUT2D eigenvalue weighted by Crippen LogP contribution is -2.38. The van der Waals surface area contributed by atoms with Crippen molar-refractivity contribution >= 4 is 17.3 Å². The number of hydrogen-bond acceptors (Lipinski definition) is 6. The number of nitrogens with zero attached hydrogens (tertiary/aromatic N) is 1.